The van der Waals surface area contributed by atoms with E-state index < -0.39 is 5.97 Å². The highest BCUT2D eigenvalue weighted by atomic mass is 16.4. The van der Waals surface area contributed by atoms with Crippen molar-refractivity contribution in [3.63, 3.8) is 0 Å². The van der Waals surface area contributed by atoms with Gasteiger partial charge in [0.1, 0.15) is 11.6 Å². The molecule has 7 aromatic carbocycles. The number of aliphatic carboxylic acids is 1. The van der Waals surface area contributed by atoms with Crippen LogP contribution in [-0.4, -0.2) is 11.1 Å². The van der Waals surface area contributed by atoms with Gasteiger partial charge in [-0.1, -0.05) is 127 Å². The van der Waals surface area contributed by atoms with E-state index in [9.17, 15) is 4.79 Å². The van der Waals surface area contributed by atoms with E-state index >= 15 is 0 Å². The second-order valence-electron chi connectivity index (χ2n) is 12.3. The first-order valence-electron chi connectivity index (χ1n) is 17.3. The van der Waals surface area contributed by atoms with Gasteiger partial charge in [-0.05, 0) is 107 Å². The number of hydrogen-bond donors (Lipinski definition) is 1. The summed E-state index contributed by atoms with van der Waals surface area (Å²) in [5, 5.41) is 18.0. The van der Waals surface area contributed by atoms with Crippen LogP contribution in [0.5, 0.6) is 0 Å². The molecule has 0 unspecified atom stereocenters. The average molecular weight is 686 g/mol. The van der Waals surface area contributed by atoms with E-state index in [0.717, 1.165) is 61.9 Å². The number of carboxylic acid groups (broad SMARTS) is 1. The summed E-state index contributed by atoms with van der Waals surface area (Å²) in [5.41, 5.74) is 11.5. The van der Waals surface area contributed by atoms with E-state index in [1.807, 2.05) is 54.6 Å². The fourth-order valence-electron chi connectivity index (χ4n) is 6.23. The lowest BCUT2D eigenvalue weighted by Gasteiger charge is -2.25. The van der Waals surface area contributed by atoms with Crippen molar-refractivity contribution >= 4 is 46.2 Å². The van der Waals surface area contributed by atoms with Crippen LogP contribution in [0.3, 0.4) is 0 Å². The van der Waals surface area contributed by atoms with Crippen molar-refractivity contribution in [1.29, 1.82) is 5.26 Å². The second-order valence-corrected chi connectivity index (χ2v) is 12.3. The Morgan fingerprint density at radius 3 is 1.08 bits per heavy atom. The number of nitriles is 1. The Labute approximate surface area is 309 Å². The predicted molar refractivity (Wildman–Crippen MR) is 217 cm³/mol. The third-order valence-electron chi connectivity index (χ3n) is 8.90. The molecular weight excluding hydrogens is 651 g/mol. The van der Waals surface area contributed by atoms with Gasteiger partial charge in [0.2, 0.25) is 0 Å². The first kappa shape index (κ1) is 34.0. The van der Waals surface area contributed by atoms with Crippen LogP contribution in [0.2, 0.25) is 0 Å². The molecule has 0 aliphatic carbocycles. The van der Waals surface area contributed by atoms with Gasteiger partial charge in [-0.3, -0.25) is 0 Å². The molecule has 53 heavy (non-hydrogen) atoms. The van der Waals surface area contributed by atoms with Crippen LogP contribution in [0.4, 0.5) is 34.1 Å². The second kappa shape index (κ2) is 16.1. The van der Waals surface area contributed by atoms with E-state index in [2.05, 4.69) is 143 Å². The van der Waals surface area contributed by atoms with E-state index in [1.165, 1.54) is 6.08 Å². The van der Waals surface area contributed by atoms with Crippen LogP contribution in [0.25, 0.3) is 28.3 Å². The zero-order valence-corrected chi connectivity index (χ0v) is 28.8. The molecular formula is C48H35N3O2. The lowest BCUT2D eigenvalue weighted by molar-refractivity contribution is -0.132. The summed E-state index contributed by atoms with van der Waals surface area (Å²) in [4.78, 5) is 15.6. The molecule has 0 radical (unpaired) electrons. The number of carbonyl (C=O) groups is 1. The molecule has 0 saturated carbocycles. The first-order chi connectivity index (χ1) is 26.1. The maximum atomic E-state index is 11.1. The molecule has 5 nitrogen and oxygen atoms in total. The Bertz CT molecular complexity index is 2340. The van der Waals surface area contributed by atoms with Gasteiger partial charge in [-0.2, -0.15) is 5.26 Å². The molecule has 0 atom stereocenters. The molecule has 0 spiro atoms. The Morgan fingerprint density at radius 2 is 0.755 bits per heavy atom. The zero-order chi connectivity index (χ0) is 36.4. The Balaban J connectivity index is 1.09. The van der Waals surface area contributed by atoms with Crippen molar-refractivity contribution in [2.75, 3.05) is 9.80 Å². The molecule has 0 aliphatic heterocycles. The molecule has 254 valence electrons. The molecule has 0 heterocycles. The molecule has 7 aromatic rings. The number of hydrogen-bond acceptors (Lipinski definition) is 4. The number of benzene rings is 7. The maximum Gasteiger partial charge on any atom is 0.346 e. The van der Waals surface area contributed by atoms with Crippen molar-refractivity contribution in [3.8, 4) is 28.3 Å². The normalized spacial score (nSPS) is 11.2. The molecule has 0 saturated heterocycles. The SMILES string of the molecule is N#CC(=CC=Cc1ccc(N(c2ccccc2)c2ccc(-c3ccc(-c4ccc(N(c5ccccc5)c5ccccc5)cc4)cc3)cc2)cc1)C(=O)O. The third-order valence-corrected chi connectivity index (χ3v) is 8.90. The highest BCUT2D eigenvalue weighted by molar-refractivity contribution is 5.91. The fraction of sp³-hybridized carbons (Fsp3) is 0. The smallest absolute Gasteiger partial charge is 0.346 e. The van der Waals surface area contributed by atoms with Gasteiger partial charge in [-0.15, -0.1) is 0 Å². The lowest BCUT2D eigenvalue weighted by atomic mass is 9.99. The standard InChI is InChI=1S/C48H35N3O2/c49-35-41(48(52)53)12-10-11-36-19-29-45(30-20-36)51(44-17-8-3-9-18-44)47-33-27-40(28-34-47)38-23-21-37(22-24-38)39-25-31-46(32-26-39)50(42-13-4-1-5-14-42)43-15-6-2-7-16-43/h1-34H,(H,52,53). The Hall–Kier alpha value is -7.42. The molecule has 0 bridgehead atoms. The predicted octanol–water partition coefficient (Wildman–Crippen LogP) is 12.5. The van der Waals surface area contributed by atoms with Crippen molar-refractivity contribution < 1.29 is 9.90 Å². The zero-order valence-electron chi connectivity index (χ0n) is 28.8. The number of para-hydroxylation sites is 3. The number of allylic oxidation sites excluding steroid dienone is 2. The van der Waals surface area contributed by atoms with Gasteiger partial charge in [0.25, 0.3) is 0 Å². The molecule has 0 aliphatic rings. The van der Waals surface area contributed by atoms with Crippen molar-refractivity contribution in [2.24, 2.45) is 0 Å². The van der Waals surface area contributed by atoms with Crippen molar-refractivity contribution in [2.45, 2.75) is 0 Å². The molecule has 0 fully saturated rings. The summed E-state index contributed by atoms with van der Waals surface area (Å²) in [7, 11) is 0. The number of carboxylic acids is 1. The van der Waals surface area contributed by atoms with E-state index in [4.69, 9.17) is 10.4 Å². The van der Waals surface area contributed by atoms with Gasteiger partial charge >= 0.3 is 5.97 Å². The van der Waals surface area contributed by atoms with Crippen LogP contribution in [-0.2, 0) is 4.79 Å². The maximum absolute atomic E-state index is 11.1. The van der Waals surface area contributed by atoms with Crippen LogP contribution in [0.15, 0.2) is 206 Å². The van der Waals surface area contributed by atoms with Gasteiger partial charge in [-0.25, -0.2) is 4.79 Å². The number of anilines is 6. The highest BCUT2D eigenvalue weighted by Crippen LogP contribution is 2.37. The minimum absolute atomic E-state index is 0.312. The molecule has 0 aromatic heterocycles. The molecule has 5 heteroatoms. The van der Waals surface area contributed by atoms with Gasteiger partial charge in [0.05, 0.1) is 0 Å². The summed E-state index contributed by atoms with van der Waals surface area (Å²) >= 11 is 0. The Morgan fingerprint density at radius 1 is 0.453 bits per heavy atom. The third kappa shape index (κ3) is 7.99. The van der Waals surface area contributed by atoms with E-state index in [1.54, 1.807) is 18.2 Å². The summed E-state index contributed by atoms with van der Waals surface area (Å²) in [5.74, 6) is -1.24. The summed E-state index contributed by atoms with van der Waals surface area (Å²) in [6.07, 6.45) is 4.65. The monoisotopic (exact) mass is 685 g/mol. The van der Waals surface area contributed by atoms with Crippen LogP contribution < -0.4 is 9.80 Å². The van der Waals surface area contributed by atoms with E-state index in [-0.39, 0.29) is 5.57 Å². The van der Waals surface area contributed by atoms with Gasteiger partial charge in [0, 0.05) is 34.1 Å². The molecule has 0 amide bonds. The minimum atomic E-state index is -1.24. The van der Waals surface area contributed by atoms with Gasteiger partial charge in [0.15, 0.2) is 0 Å². The van der Waals surface area contributed by atoms with Crippen molar-refractivity contribution in [3.05, 3.63) is 211 Å². The average Bonchev–Trinajstić information content (AvgIpc) is 3.22. The van der Waals surface area contributed by atoms with E-state index in [0.29, 0.717) is 0 Å². The minimum Gasteiger partial charge on any atom is -0.477 e. The molecule has 7 rings (SSSR count). The van der Waals surface area contributed by atoms with Crippen LogP contribution in [0.1, 0.15) is 5.56 Å². The number of rotatable bonds is 11. The summed E-state index contributed by atoms with van der Waals surface area (Å²) in [6, 6.07) is 66.7. The number of nitrogens with zero attached hydrogens (tertiary/aromatic N) is 3. The lowest BCUT2D eigenvalue weighted by Crippen LogP contribution is -2.09. The highest BCUT2D eigenvalue weighted by Gasteiger charge is 2.14. The summed E-state index contributed by atoms with van der Waals surface area (Å²) < 4.78 is 0. The summed E-state index contributed by atoms with van der Waals surface area (Å²) in [6.45, 7) is 0. The topological polar surface area (TPSA) is 67.6 Å². The van der Waals surface area contributed by atoms with Crippen molar-refractivity contribution in [1.82, 2.24) is 0 Å². The molecule has 1 N–H and O–H groups in total. The first-order valence-corrected chi connectivity index (χ1v) is 17.3. The van der Waals surface area contributed by atoms with Gasteiger partial charge < -0.3 is 14.9 Å². The quantitative estimate of drug-likeness (QED) is 0.0834. The largest absolute Gasteiger partial charge is 0.477 e. The Kier molecular flexibility index (Phi) is 10.3. The van der Waals surface area contributed by atoms with Crippen LogP contribution in [0, 0.1) is 11.3 Å². The van der Waals surface area contributed by atoms with Crippen LogP contribution >= 0.6 is 0 Å². The fourth-order valence-corrected chi connectivity index (χ4v) is 6.23.